The highest BCUT2D eigenvalue weighted by atomic mass is 16.6. The molecule has 7 heteroatoms. The molecule has 3 rings (SSSR count). The number of carbonyl (C=O) groups excluding carboxylic acids is 2. The van der Waals surface area contributed by atoms with Crippen molar-refractivity contribution >= 4 is 11.8 Å². The number of benzene rings is 1. The zero-order valence-electron chi connectivity index (χ0n) is 16.8. The number of aromatic hydroxyl groups is 1. The number of aryl methyl sites for hydroxylation is 1. The lowest BCUT2D eigenvalue weighted by Gasteiger charge is -2.38. The van der Waals surface area contributed by atoms with Gasteiger partial charge >= 0.3 is 5.97 Å². The van der Waals surface area contributed by atoms with Crippen LogP contribution in [0.15, 0.2) is 47.3 Å². The van der Waals surface area contributed by atoms with Gasteiger partial charge in [-0.1, -0.05) is 6.08 Å². The van der Waals surface area contributed by atoms with Crippen molar-refractivity contribution in [3.05, 3.63) is 58.4 Å². The summed E-state index contributed by atoms with van der Waals surface area (Å²) < 4.78 is 16.1. The van der Waals surface area contributed by atoms with E-state index >= 15 is 0 Å². The molecule has 0 saturated carbocycles. The number of phenols is 1. The molecule has 1 heterocycles. The normalized spacial score (nSPS) is 24.1. The molecule has 154 valence electrons. The number of methoxy groups -OCH3 is 1. The van der Waals surface area contributed by atoms with Crippen molar-refractivity contribution in [1.82, 2.24) is 0 Å². The Morgan fingerprint density at radius 1 is 1.38 bits per heavy atom. The molecule has 0 radical (unpaired) electrons. The second-order valence-corrected chi connectivity index (χ2v) is 7.25. The van der Waals surface area contributed by atoms with Crippen LogP contribution in [0.5, 0.6) is 11.5 Å². The molecule has 0 aromatic heterocycles. The zero-order chi connectivity index (χ0) is 21.3. The van der Waals surface area contributed by atoms with Crippen molar-refractivity contribution in [1.29, 1.82) is 0 Å². The minimum atomic E-state index is -1.90. The Kier molecular flexibility index (Phi) is 5.53. The maximum atomic E-state index is 12.8. The number of ether oxygens (including phenoxy) is 3. The Labute approximate surface area is 168 Å². The Morgan fingerprint density at radius 2 is 2.10 bits per heavy atom. The average Bonchev–Trinajstić information content (AvgIpc) is 2.65. The van der Waals surface area contributed by atoms with Crippen LogP contribution in [0.2, 0.25) is 0 Å². The maximum absolute atomic E-state index is 12.8. The van der Waals surface area contributed by atoms with E-state index in [1.807, 2.05) is 13.0 Å². The first-order chi connectivity index (χ1) is 13.7. The monoisotopic (exact) mass is 400 g/mol. The van der Waals surface area contributed by atoms with Gasteiger partial charge in [0.15, 0.2) is 11.4 Å². The topological polar surface area (TPSA) is 102 Å². The van der Waals surface area contributed by atoms with E-state index in [0.29, 0.717) is 28.2 Å². The van der Waals surface area contributed by atoms with Crippen LogP contribution in [-0.4, -0.2) is 47.4 Å². The number of Topliss-reactive ketones (excluding diaryl/α,β-unsaturated/α-hetero) is 1. The van der Waals surface area contributed by atoms with E-state index < -0.39 is 23.5 Å². The summed E-state index contributed by atoms with van der Waals surface area (Å²) in [6.07, 6.45) is 4.33. The number of hydrogen-bond donors (Lipinski definition) is 2. The van der Waals surface area contributed by atoms with E-state index in [0.717, 1.165) is 0 Å². The van der Waals surface area contributed by atoms with Crippen molar-refractivity contribution in [2.24, 2.45) is 0 Å². The summed E-state index contributed by atoms with van der Waals surface area (Å²) in [4.78, 5) is 25.6. The fraction of sp³-hybridized carbons (Fsp3) is 0.364. The van der Waals surface area contributed by atoms with Crippen molar-refractivity contribution in [3.8, 4) is 11.5 Å². The lowest BCUT2D eigenvalue weighted by molar-refractivity contribution is -0.146. The lowest BCUT2D eigenvalue weighted by atomic mass is 9.77. The summed E-state index contributed by atoms with van der Waals surface area (Å²) in [6.45, 7) is 4.86. The predicted octanol–water partition coefficient (Wildman–Crippen LogP) is 2.75. The number of ketones is 1. The van der Waals surface area contributed by atoms with Gasteiger partial charge in [-0.2, -0.15) is 0 Å². The molecule has 0 unspecified atom stereocenters. The van der Waals surface area contributed by atoms with Gasteiger partial charge in [-0.05, 0) is 50.1 Å². The third-order valence-electron chi connectivity index (χ3n) is 5.16. The Hall–Kier alpha value is -3.06. The minimum Gasteiger partial charge on any atom is -0.507 e. The summed E-state index contributed by atoms with van der Waals surface area (Å²) in [5.41, 5.74) is -0.450. The lowest BCUT2D eigenvalue weighted by Crippen LogP contribution is -2.53. The third kappa shape index (κ3) is 3.78. The first kappa shape index (κ1) is 20.7. The zero-order valence-corrected chi connectivity index (χ0v) is 16.8. The molecule has 0 saturated heterocycles. The molecule has 2 N–H and O–H groups in total. The molecular formula is C22H24O7. The van der Waals surface area contributed by atoms with Gasteiger partial charge in [0.1, 0.15) is 35.5 Å². The first-order valence-electron chi connectivity index (χ1n) is 9.24. The van der Waals surface area contributed by atoms with Gasteiger partial charge in [0.25, 0.3) is 0 Å². The van der Waals surface area contributed by atoms with Gasteiger partial charge in [0.05, 0.1) is 7.11 Å². The van der Waals surface area contributed by atoms with Gasteiger partial charge in [-0.15, -0.1) is 0 Å². The Bertz CT molecular complexity index is 927. The van der Waals surface area contributed by atoms with Crippen LogP contribution in [0.4, 0.5) is 0 Å². The largest absolute Gasteiger partial charge is 0.507 e. The SMILES string of the molecule is CC=CC1=CC2=C(CO1)C(=O)[C@@](C)(O)[C@H](OC(=O)c1c(C)cc(OC)cc1O)C2. The van der Waals surface area contributed by atoms with Gasteiger partial charge < -0.3 is 24.4 Å². The highest BCUT2D eigenvalue weighted by Gasteiger charge is 2.48. The molecule has 0 spiro atoms. The molecule has 29 heavy (non-hydrogen) atoms. The van der Waals surface area contributed by atoms with E-state index in [2.05, 4.69) is 0 Å². The second kappa shape index (κ2) is 7.75. The standard InChI is InChI=1S/C22H24O7/c1-5-6-14-8-13-9-18(22(3,26)20(24)16(13)11-28-14)29-21(25)19-12(2)7-15(27-4)10-17(19)23/h5-8,10,18,23,26H,9,11H2,1-4H3/t18-,22+/m1/s1. The Morgan fingerprint density at radius 3 is 2.72 bits per heavy atom. The van der Waals surface area contributed by atoms with Crippen LogP contribution in [0, 0.1) is 6.92 Å². The van der Waals surface area contributed by atoms with E-state index in [1.54, 1.807) is 25.1 Å². The maximum Gasteiger partial charge on any atom is 0.342 e. The number of allylic oxidation sites excluding steroid dienone is 3. The van der Waals surface area contributed by atoms with Gasteiger partial charge in [-0.3, -0.25) is 4.79 Å². The van der Waals surface area contributed by atoms with Crippen LogP contribution in [0.3, 0.4) is 0 Å². The van der Waals surface area contributed by atoms with Crippen LogP contribution in [0.1, 0.15) is 36.2 Å². The molecule has 1 aliphatic carbocycles. The van der Waals surface area contributed by atoms with E-state index in [1.165, 1.54) is 20.1 Å². The molecule has 0 amide bonds. The molecule has 1 aromatic rings. The molecular weight excluding hydrogens is 376 g/mol. The third-order valence-corrected chi connectivity index (χ3v) is 5.16. The van der Waals surface area contributed by atoms with Gasteiger partial charge in [0, 0.05) is 18.1 Å². The second-order valence-electron chi connectivity index (χ2n) is 7.25. The fourth-order valence-electron chi connectivity index (χ4n) is 3.52. The summed E-state index contributed by atoms with van der Waals surface area (Å²) in [6, 6.07) is 2.89. The fourth-order valence-corrected chi connectivity index (χ4v) is 3.52. The summed E-state index contributed by atoms with van der Waals surface area (Å²) in [5.74, 6) is -0.670. The molecule has 2 atom stereocenters. The van der Waals surface area contributed by atoms with Crippen molar-refractivity contribution in [2.75, 3.05) is 13.7 Å². The molecule has 7 nitrogen and oxygen atoms in total. The minimum absolute atomic E-state index is 0.0362. The quantitative estimate of drug-likeness (QED) is 0.749. The van der Waals surface area contributed by atoms with Crippen LogP contribution >= 0.6 is 0 Å². The van der Waals surface area contributed by atoms with E-state index in [-0.39, 0.29) is 24.3 Å². The highest BCUT2D eigenvalue weighted by Crippen LogP contribution is 2.37. The molecule has 1 aliphatic heterocycles. The number of aliphatic hydroxyl groups is 1. The number of carbonyl (C=O) groups is 2. The molecule has 0 bridgehead atoms. The van der Waals surface area contributed by atoms with E-state index in [4.69, 9.17) is 14.2 Å². The Balaban J connectivity index is 1.91. The molecule has 1 aromatic carbocycles. The average molecular weight is 400 g/mol. The van der Waals surface area contributed by atoms with Crippen LogP contribution in [0.25, 0.3) is 0 Å². The number of rotatable bonds is 4. The number of esters is 1. The molecule has 0 fully saturated rings. The first-order valence-corrected chi connectivity index (χ1v) is 9.24. The van der Waals surface area contributed by atoms with Gasteiger partial charge in [0.2, 0.25) is 0 Å². The number of hydrogen-bond acceptors (Lipinski definition) is 7. The molecule has 2 aliphatic rings. The smallest absolute Gasteiger partial charge is 0.342 e. The summed E-state index contributed by atoms with van der Waals surface area (Å²) in [7, 11) is 1.45. The van der Waals surface area contributed by atoms with Crippen molar-refractivity contribution in [3.63, 3.8) is 0 Å². The summed E-state index contributed by atoms with van der Waals surface area (Å²) in [5, 5.41) is 21.0. The summed E-state index contributed by atoms with van der Waals surface area (Å²) >= 11 is 0. The van der Waals surface area contributed by atoms with Crippen molar-refractivity contribution in [2.45, 2.75) is 38.9 Å². The van der Waals surface area contributed by atoms with Gasteiger partial charge in [-0.25, -0.2) is 4.79 Å². The highest BCUT2D eigenvalue weighted by molar-refractivity contribution is 6.05. The van der Waals surface area contributed by atoms with Crippen LogP contribution < -0.4 is 4.74 Å². The predicted molar refractivity (Wildman–Crippen MR) is 105 cm³/mol. The van der Waals surface area contributed by atoms with Crippen molar-refractivity contribution < 1.29 is 34.0 Å². The number of phenolic OH excluding ortho intramolecular Hbond substituents is 1. The van der Waals surface area contributed by atoms with E-state index in [9.17, 15) is 19.8 Å². The van der Waals surface area contributed by atoms with Crippen LogP contribution in [-0.2, 0) is 14.3 Å².